The van der Waals surface area contributed by atoms with Gasteiger partial charge in [0.1, 0.15) is 0 Å². The highest BCUT2D eigenvalue weighted by Gasteiger charge is 2.25. The molecule has 2 rings (SSSR count). The van der Waals surface area contributed by atoms with Crippen molar-refractivity contribution in [2.75, 3.05) is 5.32 Å². The summed E-state index contributed by atoms with van der Waals surface area (Å²) in [5, 5.41) is 14.3. The van der Waals surface area contributed by atoms with Crippen LogP contribution in [0, 0.1) is 23.0 Å². The maximum Gasteiger partial charge on any atom is 0.273 e. The number of aryl methyl sites for hydroxylation is 1. The van der Waals surface area contributed by atoms with E-state index in [-0.39, 0.29) is 28.5 Å². The molecule has 21 heavy (non-hydrogen) atoms. The summed E-state index contributed by atoms with van der Waals surface area (Å²) in [6.45, 7) is 1.72. The summed E-state index contributed by atoms with van der Waals surface area (Å²) in [4.78, 5) is 21.7. The Morgan fingerprint density at radius 2 is 2.00 bits per heavy atom. The lowest BCUT2D eigenvalue weighted by Gasteiger charge is -2.28. The molecule has 0 aromatic heterocycles. The van der Waals surface area contributed by atoms with Crippen molar-refractivity contribution in [3.05, 3.63) is 32.3 Å². The average molecular weight is 356 g/mol. The number of hydrogen-bond acceptors (Lipinski definition) is 4. The Morgan fingerprint density at radius 3 is 2.52 bits per heavy atom. The minimum atomic E-state index is -0.387. The van der Waals surface area contributed by atoms with Crippen molar-refractivity contribution in [3.63, 3.8) is 0 Å². The number of benzene rings is 1. The normalized spacial score (nSPS) is 21.8. The fourth-order valence-corrected chi connectivity index (χ4v) is 3.17. The fraction of sp³-hybridized carbons (Fsp3) is 0.500. The van der Waals surface area contributed by atoms with Crippen molar-refractivity contribution in [1.29, 1.82) is 0 Å². The number of carbonyl (C=O) groups is 1. The summed E-state index contributed by atoms with van der Waals surface area (Å²) in [5.41, 5.74) is 6.89. The number of nitrogens with one attached hydrogen (secondary N) is 1. The van der Waals surface area contributed by atoms with Crippen LogP contribution in [0.25, 0.3) is 0 Å². The summed E-state index contributed by atoms with van der Waals surface area (Å²) >= 11 is 3.37. The Labute approximate surface area is 131 Å². The number of amides is 1. The van der Waals surface area contributed by atoms with Gasteiger partial charge in [0, 0.05) is 33.7 Å². The molecule has 1 fully saturated rings. The van der Waals surface area contributed by atoms with Crippen molar-refractivity contribution in [2.45, 2.75) is 38.6 Å². The summed E-state index contributed by atoms with van der Waals surface area (Å²) in [6.07, 6.45) is 3.32. The van der Waals surface area contributed by atoms with Crippen LogP contribution in [0.15, 0.2) is 16.6 Å². The molecular weight excluding hydrogens is 338 g/mol. The molecule has 114 valence electrons. The average Bonchev–Trinajstić information content (AvgIpc) is 2.42. The fourth-order valence-electron chi connectivity index (χ4n) is 2.72. The highest BCUT2D eigenvalue weighted by molar-refractivity contribution is 9.10. The molecular formula is C14H18BrN3O3. The Kier molecular flexibility index (Phi) is 4.82. The van der Waals surface area contributed by atoms with Gasteiger partial charge >= 0.3 is 0 Å². The van der Waals surface area contributed by atoms with E-state index in [1.165, 1.54) is 6.07 Å². The first-order valence-electron chi connectivity index (χ1n) is 6.89. The van der Waals surface area contributed by atoms with Crippen LogP contribution in [0.3, 0.4) is 0 Å². The van der Waals surface area contributed by atoms with E-state index >= 15 is 0 Å². The number of nitrogens with two attached hydrogens (primary N) is 1. The lowest BCUT2D eigenvalue weighted by atomic mass is 9.85. The standard InChI is InChI=1S/C14H18BrN3O3/c1-8-6-12(11(15)7-13(8)18(20)21)17-10-4-2-9(3-5-10)14(16)19/h6-7,9-10,17H,2-5H2,1H3,(H2,16,19). The number of primary amides is 1. The van der Waals surface area contributed by atoms with Crippen LogP contribution < -0.4 is 11.1 Å². The molecule has 1 amide bonds. The SMILES string of the molecule is Cc1cc(NC2CCC(C(N)=O)CC2)c(Br)cc1[N+](=O)[O-]. The van der Waals surface area contributed by atoms with Crippen LogP contribution in [0.2, 0.25) is 0 Å². The highest BCUT2D eigenvalue weighted by atomic mass is 79.9. The van der Waals surface area contributed by atoms with E-state index in [4.69, 9.17) is 5.73 Å². The first-order chi connectivity index (χ1) is 9.88. The van der Waals surface area contributed by atoms with Gasteiger partial charge in [-0.05, 0) is 54.6 Å². The second kappa shape index (κ2) is 6.43. The first-order valence-corrected chi connectivity index (χ1v) is 7.68. The van der Waals surface area contributed by atoms with Crippen LogP contribution in [-0.2, 0) is 4.79 Å². The van der Waals surface area contributed by atoms with E-state index in [0.29, 0.717) is 10.0 Å². The molecule has 1 aliphatic carbocycles. The monoisotopic (exact) mass is 355 g/mol. The molecule has 1 aromatic rings. The molecule has 0 unspecified atom stereocenters. The number of hydrogen-bond donors (Lipinski definition) is 2. The van der Waals surface area contributed by atoms with Crippen molar-refractivity contribution < 1.29 is 9.72 Å². The number of nitro groups is 1. The molecule has 6 nitrogen and oxygen atoms in total. The Balaban J connectivity index is 2.06. The Morgan fingerprint density at radius 1 is 1.38 bits per heavy atom. The Hall–Kier alpha value is -1.63. The number of nitro benzene ring substituents is 1. The topological polar surface area (TPSA) is 98.3 Å². The van der Waals surface area contributed by atoms with E-state index in [1.54, 1.807) is 13.0 Å². The molecule has 1 aromatic carbocycles. The van der Waals surface area contributed by atoms with Gasteiger partial charge in [-0.2, -0.15) is 0 Å². The summed E-state index contributed by atoms with van der Waals surface area (Å²) in [7, 11) is 0. The summed E-state index contributed by atoms with van der Waals surface area (Å²) in [6, 6.07) is 3.56. The van der Waals surface area contributed by atoms with E-state index < -0.39 is 0 Å². The maximum atomic E-state index is 11.1. The van der Waals surface area contributed by atoms with Gasteiger partial charge in [-0.25, -0.2) is 0 Å². The molecule has 0 atom stereocenters. The zero-order chi connectivity index (χ0) is 15.6. The number of rotatable bonds is 4. The van der Waals surface area contributed by atoms with Gasteiger partial charge < -0.3 is 11.1 Å². The zero-order valence-electron chi connectivity index (χ0n) is 11.8. The molecule has 7 heteroatoms. The maximum absolute atomic E-state index is 11.1. The lowest BCUT2D eigenvalue weighted by molar-refractivity contribution is -0.385. The predicted octanol–water partition coefficient (Wildman–Crippen LogP) is 3.12. The van der Waals surface area contributed by atoms with Gasteiger partial charge in [0.15, 0.2) is 0 Å². The number of anilines is 1. The smallest absolute Gasteiger partial charge is 0.273 e. The van der Waals surface area contributed by atoms with Gasteiger partial charge in [0.2, 0.25) is 5.91 Å². The largest absolute Gasteiger partial charge is 0.381 e. The van der Waals surface area contributed by atoms with E-state index in [1.807, 2.05) is 0 Å². The molecule has 0 aliphatic heterocycles. The minimum absolute atomic E-state index is 0.0231. The molecule has 1 saturated carbocycles. The molecule has 3 N–H and O–H groups in total. The second-order valence-electron chi connectivity index (χ2n) is 5.47. The molecule has 0 spiro atoms. The van der Waals surface area contributed by atoms with Gasteiger partial charge in [0.25, 0.3) is 5.69 Å². The molecule has 0 radical (unpaired) electrons. The van der Waals surface area contributed by atoms with Crippen LogP contribution in [0.1, 0.15) is 31.2 Å². The van der Waals surface area contributed by atoms with Gasteiger partial charge in [-0.1, -0.05) is 0 Å². The van der Waals surface area contributed by atoms with E-state index in [0.717, 1.165) is 31.4 Å². The third-order valence-electron chi connectivity index (χ3n) is 3.97. The molecule has 0 saturated heterocycles. The lowest BCUT2D eigenvalue weighted by Crippen LogP contribution is -2.32. The van der Waals surface area contributed by atoms with Crippen LogP contribution in [0.4, 0.5) is 11.4 Å². The van der Waals surface area contributed by atoms with Crippen molar-refractivity contribution in [3.8, 4) is 0 Å². The van der Waals surface area contributed by atoms with Crippen LogP contribution in [0.5, 0.6) is 0 Å². The quantitative estimate of drug-likeness (QED) is 0.640. The van der Waals surface area contributed by atoms with Gasteiger partial charge in [0.05, 0.1) is 4.92 Å². The van der Waals surface area contributed by atoms with Crippen molar-refractivity contribution in [2.24, 2.45) is 11.7 Å². The molecule has 0 bridgehead atoms. The van der Waals surface area contributed by atoms with Crippen molar-refractivity contribution >= 4 is 33.2 Å². The third kappa shape index (κ3) is 3.72. The van der Waals surface area contributed by atoms with Gasteiger partial charge in [-0.3, -0.25) is 14.9 Å². The first kappa shape index (κ1) is 15.8. The zero-order valence-corrected chi connectivity index (χ0v) is 13.4. The number of nitrogens with zero attached hydrogens (tertiary/aromatic N) is 1. The number of carbonyl (C=O) groups excluding carboxylic acids is 1. The Bertz CT molecular complexity index is 569. The van der Waals surface area contributed by atoms with Crippen LogP contribution in [-0.4, -0.2) is 16.9 Å². The predicted molar refractivity (Wildman–Crippen MR) is 84.1 cm³/mol. The second-order valence-corrected chi connectivity index (χ2v) is 6.33. The minimum Gasteiger partial charge on any atom is -0.381 e. The number of halogens is 1. The summed E-state index contributed by atoms with van der Waals surface area (Å²) < 4.78 is 0.678. The summed E-state index contributed by atoms with van der Waals surface area (Å²) in [5.74, 6) is -0.245. The van der Waals surface area contributed by atoms with E-state index in [9.17, 15) is 14.9 Å². The van der Waals surface area contributed by atoms with Crippen molar-refractivity contribution in [1.82, 2.24) is 0 Å². The van der Waals surface area contributed by atoms with Crippen LogP contribution >= 0.6 is 15.9 Å². The highest BCUT2D eigenvalue weighted by Crippen LogP contribution is 2.33. The van der Waals surface area contributed by atoms with E-state index in [2.05, 4.69) is 21.2 Å². The van der Waals surface area contributed by atoms with Gasteiger partial charge in [-0.15, -0.1) is 0 Å². The molecule has 1 aliphatic rings. The third-order valence-corrected chi connectivity index (χ3v) is 4.63. The molecule has 0 heterocycles.